The van der Waals surface area contributed by atoms with E-state index in [1.165, 1.54) is 24.0 Å². The molecule has 1 aromatic carbocycles. The number of anilines is 1. The summed E-state index contributed by atoms with van der Waals surface area (Å²) in [6.07, 6.45) is 11.8. The van der Waals surface area contributed by atoms with Gasteiger partial charge < -0.3 is 10.2 Å². The van der Waals surface area contributed by atoms with Crippen LogP contribution in [0.15, 0.2) is 60.9 Å². The topological polar surface area (TPSA) is 28.2 Å². The first-order chi connectivity index (χ1) is 12.2. The number of aromatic nitrogens is 1. The van der Waals surface area contributed by atoms with Gasteiger partial charge in [0.05, 0.1) is 0 Å². The van der Waals surface area contributed by atoms with Crippen molar-refractivity contribution >= 4 is 23.0 Å². The number of hydrogen-bond acceptors (Lipinski definition) is 2. The highest BCUT2D eigenvalue weighted by Gasteiger charge is 2.18. The van der Waals surface area contributed by atoms with Crippen LogP contribution in [0.2, 0.25) is 0 Å². The summed E-state index contributed by atoms with van der Waals surface area (Å²) >= 11 is 5.73. The minimum atomic E-state index is 0.652. The summed E-state index contributed by atoms with van der Waals surface area (Å²) in [6.45, 7) is 3.84. The molecular formula is C21H25N3S. The van der Waals surface area contributed by atoms with Crippen LogP contribution in [0.4, 0.5) is 5.69 Å². The Morgan fingerprint density at radius 3 is 2.76 bits per heavy atom. The van der Waals surface area contributed by atoms with Crippen molar-refractivity contribution in [2.75, 3.05) is 11.9 Å². The zero-order chi connectivity index (χ0) is 17.5. The van der Waals surface area contributed by atoms with Crippen molar-refractivity contribution in [3.8, 4) is 0 Å². The highest BCUT2D eigenvalue weighted by atomic mass is 32.1. The number of nitrogens with zero attached hydrogens (tertiary/aromatic N) is 2. The van der Waals surface area contributed by atoms with Crippen LogP contribution in [0.25, 0.3) is 0 Å². The maximum absolute atomic E-state index is 5.73. The van der Waals surface area contributed by atoms with Gasteiger partial charge in [-0.05, 0) is 68.1 Å². The van der Waals surface area contributed by atoms with E-state index in [4.69, 9.17) is 12.2 Å². The molecule has 3 nitrogen and oxygen atoms in total. The summed E-state index contributed by atoms with van der Waals surface area (Å²) in [5.41, 5.74) is 3.47. The molecule has 2 aromatic rings. The van der Waals surface area contributed by atoms with Gasteiger partial charge in [0, 0.05) is 31.2 Å². The van der Waals surface area contributed by atoms with Crippen LogP contribution in [0.3, 0.4) is 0 Å². The highest BCUT2D eigenvalue weighted by molar-refractivity contribution is 7.80. The van der Waals surface area contributed by atoms with E-state index in [2.05, 4.69) is 64.6 Å². The first kappa shape index (κ1) is 17.6. The number of allylic oxidation sites excluding steroid dienone is 2. The Morgan fingerprint density at radius 2 is 2.08 bits per heavy atom. The monoisotopic (exact) mass is 351 g/mol. The van der Waals surface area contributed by atoms with Crippen LogP contribution in [0, 0.1) is 12.8 Å². The van der Waals surface area contributed by atoms with Gasteiger partial charge >= 0.3 is 0 Å². The Kier molecular flexibility index (Phi) is 6.18. The maximum atomic E-state index is 5.73. The summed E-state index contributed by atoms with van der Waals surface area (Å²) in [5, 5.41) is 4.18. The smallest absolute Gasteiger partial charge is 0.173 e. The molecule has 25 heavy (non-hydrogen) atoms. The number of pyridine rings is 1. The second-order valence-electron chi connectivity index (χ2n) is 6.69. The SMILES string of the molecule is Cc1ccc(NC(=S)N(Cc2cccnc2)C[C@H]2CC=CCC2)cc1. The van der Waals surface area contributed by atoms with Crippen LogP contribution in [0.1, 0.15) is 30.4 Å². The molecule has 3 rings (SSSR count). The van der Waals surface area contributed by atoms with Gasteiger partial charge in [0.2, 0.25) is 0 Å². The third-order valence-electron chi connectivity index (χ3n) is 4.54. The van der Waals surface area contributed by atoms with E-state index < -0.39 is 0 Å². The molecule has 130 valence electrons. The molecule has 1 atom stereocenters. The second-order valence-corrected chi connectivity index (χ2v) is 7.08. The minimum absolute atomic E-state index is 0.652. The molecule has 1 aliphatic carbocycles. The summed E-state index contributed by atoms with van der Waals surface area (Å²) in [7, 11) is 0. The normalized spacial score (nSPS) is 16.4. The molecular weight excluding hydrogens is 326 g/mol. The lowest BCUT2D eigenvalue weighted by Gasteiger charge is -2.30. The minimum Gasteiger partial charge on any atom is -0.344 e. The molecule has 1 heterocycles. The largest absolute Gasteiger partial charge is 0.344 e. The lowest BCUT2D eigenvalue weighted by atomic mass is 9.94. The van der Waals surface area contributed by atoms with Crippen molar-refractivity contribution in [3.63, 3.8) is 0 Å². The molecule has 0 unspecified atom stereocenters. The molecule has 0 fully saturated rings. The van der Waals surface area contributed by atoms with Gasteiger partial charge in [-0.15, -0.1) is 0 Å². The lowest BCUT2D eigenvalue weighted by molar-refractivity contribution is 0.319. The molecule has 0 amide bonds. The molecule has 0 aliphatic heterocycles. The average Bonchev–Trinajstić information content (AvgIpc) is 2.65. The summed E-state index contributed by atoms with van der Waals surface area (Å²) in [4.78, 5) is 6.51. The maximum Gasteiger partial charge on any atom is 0.173 e. The van der Waals surface area contributed by atoms with Crippen molar-refractivity contribution in [1.82, 2.24) is 9.88 Å². The van der Waals surface area contributed by atoms with Gasteiger partial charge in [0.15, 0.2) is 5.11 Å². The number of hydrogen-bond donors (Lipinski definition) is 1. The van der Waals surface area contributed by atoms with Gasteiger partial charge in [0.25, 0.3) is 0 Å². The first-order valence-corrected chi connectivity index (χ1v) is 9.28. The fourth-order valence-electron chi connectivity index (χ4n) is 3.10. The number of rotatable bonds is 5. The van der Waals surface area contributed by atoms with Crippen LogP contribution in [-0.2, 0) is 6.54 Å². The van der Waals surface area contributed by atoms with Gasteiger partial charge in [-0.2, -0.15) is 0 Å². The Balaban J connectivity index is 1.70. The van der Waals surface area contributed by atoms with Crippen LogP contribution >= 0.6 is 12.2 Å². The zero-order valence-corrected chi connectivity index (χ0v) is 15.5. The van der Waals surface area contributed by atoms with Crippen molar-refractivity contribution < 1.29 is 0 Å². The predicted molar refractivity (Wildman–Crippen MR) is 109 cm³/mol. The zero-order valence-electron chi connectivity index (χ0n) is 14.7. The Bertz CT molecular complexity index is 710. The molecule has 1 aromatic heterocycles. The molecule has 4 heteroatoms. The summed E-state index contributed by atoms with van der Waals surface area (Å²) < 4.78 is 0. The standard InChI is InChI=1S/C21H25N3S/c1-17-9-11-20(12-10-17)23-21(25)24(15-18-6-3-2-4-7-18)16-19-8-5-13-22-14-19/h2-3,5,8-14,18H,4,6-7,15-16H2,1H3,(H,23,25)/t18-/m0/s1. The van der Waals surface area contributed by atoms with E-state index in [1.54, 1.807) is 0 Å². The predicted octanol–water partition coefficient (Wildman–Crippen LogP) is 4.95. The summed E-state index contributed by atoms with van der Waals surface area (Å²) in [6, 6.07) is 12.4. The molecule has 0 spiro atoms. The third kappa shape index (κ3) is 5.40. The quantitative estimate of drug-likeness (QED) is 0.610. The van der Waals surface area contributed by atoms with Crippen molar-refractivity contribution in [2.45, 2.75) is 32.7 Å². The lowest BCUT2D eigenvalue weighted by Crippen LogP contribution is -2.38. The average molecular weight is 352 g/mol. The number of nitrogens with one attached hydrogen (secondary N) is 1. The highest BCUT2D eigenvalue weighted by Crippen LogP contribution is 2.21. The van der Waals surface area contributed by atoms with E-state index in [-0.39, 0.29) is 0 Å². The van der Waals surface area contributed by atoms with Crippen molar-refractivity contribution in [1.29, 1.82) is 0 Å². The van der Waals surface area contributed by atoms with E-state index in [0.29, 0.717) is 5.92 Å². The van der Waals surface area contributed by atoms with E-state index in [0.717, 1.165) is 30.3 Å². The Hall–Kier alpha value is -2.20. The van der Waals surface area contributed by atoms with Gasteiger partial charge in [-0.3, -0.25) is 4.98 Å². The van der Waals surface area contributed by atoms with E-state index in [9.17, 15) is 0 Å². The van der Waals surface area contributed by atoms with Crippen LogP contribution in [-0.4, -0.2) is 21.5 Å². The van der Waals surface area contributed by atoms with Crippen molar-refractivity contribution in [3.05, 3.63) is 72.1 Å². The fourth-order valence-corrected chi connectivity index (χ4v) is 3.36. The van der Waals surface area contributed by atoms with Gasteiger partial charge in [0.1, 0.15) is 0 Å². The second kappa shape index (κ2) is 8.77. The number of aryl methyl sites for hydroxylation is 1. The number of thiocarbonyl (C=S) groups is 1. The van der Waals surface area contributed by atoms with Crippen LogP contribution < -0.4 is 5.32 Å². The van der Waals surface area contributed by atoms with Crippen molar-refractivity contribution in [2.24, 2.45) is 5.92 Å². The molecule has 1 aliphatic rings. The van der Waals surface area contributed by atoms with Gasteiger partial charge in [-0.1, -0.05) is 35.9 Å². The van der Waals surface area contributed by atoms with Gasteiger partial charge in [-0.25, -0.2) is 0 Å². The molecule has 0 radical (unpaired) electrons. The van der Waals surface area contributed by atoms with E-state index in [1.807, 2.05) is 18.5 Å². The Labute approximate surface area is 155 Å². The molecule has 1 N–H and O–H groups in total. The van der Waals surface area contributed by atoms with E-state index >= 15 is 0 Å². The molecule has 0 saturated heterocycles. The fraction of sp³-hybridized carbons (Fsp3) is 0.333. The third-order valence-corrected chi connectivity index (χ3v) is 4.90. The Morgan fingerprint density at radius 1 is 1.24 bits per heavy atom. The summed E-state index contributed by atoms with van der Waals surface area (Å²) in [5.74, 6) is 0.652. The molecule has 0 bridgehead atoms. The van der Waals surface area contributed by atoms with Crippen LogP contribution in [0.5, 0.6) is 0 Å². The first-order valence-electron chi connectivity index (χ1n) is 8.87. The number of benzene rings is 1. The molecule has 0 saturated carbocycles.